The number of carbonyl (C=O) groups excluding carboxylic acids is 1. The molecule has 1 unspecified atom stereocenters. The molecule has 2 N–H and O–H groups in total. The van der Waals surface area contributed by atoms with Gasteiger partial charge in [0, 0.05) is 19.1 Å². The molecule has 1 saturated heterocycles. The van der Waals surface area contributed by atoms with E-state index in [1.165, 1.54) is 12.4 Å². The zero-order valence-electron chi connectivity index (χ0n) is 11.5. The number of likely N-dealkylation sites (N-methyl/N-ethyl adjacent to an activating group) is 1. The molecular formula is C13H21N5O. The topological polar surface area (TPSA) is 75.3 Å². The lowest BCUT2D eigenvalue weighted by atomic mass is 10.1. The third-order valence-electron chi connectivity index (χ3n) is 3.51. The Morgan fingerprint density at radius 3 is 2.95 bits per heavy atom. The SMILES string of the molecule is CCC1CN(C)CCCN1C(=O)c1cncc(N)n1. The van der Waals surface area contributed by atoms with E-state index in [1.54, 1.807) is 0 Å². The minimum Gasteiger partial charge on any atom is -0.382 e. The minimum atomic E-state index is -0.0676. The highest BCUT2D eigenvalue weighted by molar-refractivity contribution is 5.92. The molecule has 6 heteroatoms. The summed E-state index contributed by atoms with van der Waals surface area (Å²) in [5, 5.41) is 0. The van der Waals surface area contributed by atoms with Gasteiger partial charge in [0.25, 0.3) is 5.91 Å². The predicted molar refractivity (Wildman–Crippen MR) is 73.7 cm³/mol. The van der Waals surface area contributed by atoms with E-state index in [-0.39, 0.29) is 17.8 Å². The maximum absolute atomic E-state index is 12.5. The minimum absolute atomic E-state index is 0.0676. The van der Waals surface area contributed by atoms with E-state index >= 15 is 0 Å². The van der Waals surface area contributed by atoms with Crippen LogP contribution in [0.5, 0.6) is 0 Å². The van der Waals surface area contributed by atoms with Gasteiger partial charge in [-0.15, -0.1) is 0 Å². The summed E-state index contributed by atoms with van der Waals surface area (Å²) in [4.78, 5) is 24.7. The van der Waals surface area contributed by atoms with Gasteiger partial charge in [-0.1, -0.05) is 6.92 Å². The van der Waals surface area contributed by atoms with Gasteiger partial charge in [0.2, 0.25) is 0 Å². The molecule has 0 bridgehead atoms. The molecule has 1 atom stereocenters. The van der Waals surface area contributed by atoms with E-state index in [2.05, 4.69) is 28.8 Å². The molecule has 19 heavy (non-hydrogen) atoms. The normalized spacial score (nSPS) is 21.2. The summed E-state index contributed by atoms with van der Waals surface area (Å²) in [6, 6.07) is 0.225. The van der Waals surface area contributed by atoms with Gasteiger partial charge >= 0.3 is 0 Å². The smallest absolute Gasteiger partial charge is 0.274 e. The van der Waals surface area contributed by atoms with Gasteiger partial charge in [-0.05, 0) is 26.4 Å². The second-order valence-corrected chi connectivity index (χ2v) is 5.01. The average molecular weight is 263 g/mol. The van der Waals surface area contributed by atoms with E-state index in [0.29, 0.717) is 5.69 Å². The fourth-order valence-electron chi connectivity index (χ4n) is 2.49. The number of aromatic nitrogens is 2. The third kappa shape index (κ3) is 3.20. The van der Waals surface area contributed by atoms with Crippen LogP contribution in [0.4, 0.5) is 5.82 Å². The van der Waals surface area contributed by atoms with Crippen LogP contribution < -0.4 is 5.73 Å². The number of carbonyl (C=O) groups is 1. The van der Waals surface area contributed by atoms with E-state index in [9.17, 15) is 4.79 Å². The van der Waals surface area contributed by atoms with Gasteiger partial charge < -0.3 is 15.5 Å². The molecule has 1 aromatic heterocycles. The van der Waals surface area contributed by atoms with Crippen LogP contribution in [-0.2, 0) is 0 Å². The molecule has 0 aromatic carbocycles. The Morgan fingerprint density at radius 2 is 2.26 bits per heavy atom. The number of anilines is 1. The molecule has 1 fully saturated rings. The second kappa shape index (κ2) is 5.97. The van der Waals surface area contributed by atoms with Crippen molar-refractivity contribution in [3.63, 3.8) is 0 Å². The van der Waals surface area contributed by atoms with E-state index < -0.39 is 0 Å². The first kappa shape index (κ1) is 13.7. The van der Waals surface area contributed by atoms with E-state index in [4.69, 9.17) is 5.73 Å². The zero-order valence-corrected chi connectivity index (χ0v) is 11.5. The van der Waals surface area contributed by atoms with Crippen molar-refractivity contribution in [1.82, 2.24) is 19.8 Å². The first-order chi connectivity index (χ1) is 9.11. The van der Waals surface area contributed by atoms with Gasteiger partial charge in [0.05, 0.1) is 12.4 Å². The van der Waals surface area contributed by atoms with Crippen molar-refractivity contribution in [3.8, 4) is 0 Å². The highest BCUT2D eigenvalue weighted by atomic mass is 16.2. The molecule has 1 amide bonds. The van der Waals surface area contributed by atoms with Crippen LogP contribution in [0.15, 0.2) is 12.4 Å². The maximum atomic E-state index is 12.5. The summed E-state index contributed by atoms with van der Waals surface area (Å²) >= 11 is 0. The molecule has 2 heterocycles. The Kier molecular flexibility index (Phi) is 4.31. The highest BCUT2D eigenvalue weighted by Crippen LogP contribution is 2.15. The van der Waals surface area contributed by atoms with Crippen LogP contribution in [0.2, 0.25) is 0 Å². The van der Waals surface area contributed by atoms with Gasteiger partial charge in [0.15, 0.2) is 0 Å². The second-order valence-electron chi connectivity index (χ2n) is 5.01. The van der Waals surface area contributed by atoms with Crippen LogP contribution >= 0.6 is 0 Å². The van der Waals surface area contributed by atoms with E-state index in [0.717, 1.165) is 32.5 Å². The Bertz CT molecular complexity index is 450. The van der Waals surface area contributed by atoms with Gasteiger partial charge in [-0.2, -0.15) is 0 Å². The molecule has 0 radical (unpaired) electrons. The summed E-state index contributed by atoms with van der Waals surface area (Å²) in [5.41, 5.74) is 5.93. The van der Waals surface area contributed by atoms with Crippen molar-refractivity contribution in [1.29, 1.82) is 0 Å². The largest absolute Gasteiger partial charge is 0.382 e. The standard InChI is InChI=1S/C13H21N5O/c1-3-10-9-17(2)5-4-6-18(10)13(19)11-7-15-8-12(14)16-11/h7-8,10H,3-6,9H2,1-2H3,(H2,14,16). The van der Waals surface area contributed by atoms with Crippen molar-refractivity contribution in [3.05, 3.63) is 18.1 Å². The molecule has 1 aliphatic rings. The number of rotatable bonds is 2. The molecule has 2 rings (SSSR count). The molecule has 1 aromatic rings. The van der Waals surface area contributed by atoms with Crippen molar-refractivity contribution < 1.29 is 4.79 Å². The summed E-state index contributed by atoms with van der Waals surface area (Å²) in [5.74, 6) is 0.216. The zero-order chi connectivity index (χ0) is 13.8. The predicted octanol–water partition coefficient (Wildman–Crippen LogP) is 0.615. The van der Waals surface area contributed by atoms with Crippen LogP contribution in [0.25, 0.3) is 0 Å². The summed E-state index contributed by atoms with van der Waals surface area (Å²) in [6.45, 7) is 4.79. The Morgan fingerprint density at radius 1 is 1.47 bits per heavy atom. The number of hydrogen-bond donors (Lipinski definition) is 1. The van der Waals surface area contributed by atoms with Gasteiger partial charge in [0.1, 0.15) is 11.5 Å². The molecule has 1 aliphatic heterocycles. The Balaban J connectivity index is 2.20. The van der Waals surface area contributed by atoms with Gasteiger partial charge in [-0.25, -0.2) is 4.98 Å². The summed E-state index contributed by atoms with van der Waals surface area (Å²) < 4.78 is 0. The lowest BCUT2D eigenvalue weighted by molar-refractivity contribution is 0.0669. The number of nitrogens with two attached hydrogens (primary N) is 1. The van der Waals surface area contributed by atoms with E-state index in [1.807, 2.05) is 4.90 Å². The Hall–Kier alpha value is -1.69. The number of nitrogen functional groups attached to an aromatic ring is 1. The van der Waals surface area contributed by atoms with Crippen molar-refractivity contribution in [2.24, 2.45) is 0 Å². The van der Waals surface area contributed by atoms with Gasteiger partial charge in [-0.3, -0.25) is 9.78 Å². The molecule has 104 valence electrons. The van der Waals surface area contributed by atoms with Crippen LogP contribution in [0, 0.1) is 0 Å². The fraction of sp³-hybridized carbons (Fsp3) is 0.615. The summed E-state index contributed by atoms with van der Waals surface area (Å²) in [7, 11) is 2.09. The monoisotopic (exact) mass is 263 g/mol. The first-order valence-electron chi connectivity index (χ1n) is 6.69. The lowest BCUT2D eigenvalue weighted by Gasteiger charge is -2.29. The summed E-state index contributed by atoms with van der Waals surface area (Å²) in [6.07, 6.45) is 4.85. The number of nitrogens with zero attached hydrogens (tertiary/aromatic N) is 4. The van der Waals surface area contributed by atoms with Crippen molar-refractivity contribution in [2.75, 3.05) is 32.4 Å². The van der Waals surface area contributed by atoms with Crippen LogP contribution in [-0.4, -0.2) is 58.4 Å². The van der Waals surface area contributed by atoms with Crippen LogP contribution in [0.3, 0.4) is 0 Å². The Labute approximate surface area is 113 Å². The molecule has 0 spiro atoms. The number of amides is 1. The maximum Gasteiger partial charge on any atom is 0.274 e. The average Bonchev–Trinajstić information content (AvgIpc) is 2.59. The van der Waals surface area contributed by atoms with Crippen molar-refractivity contribution >= 4 is 11.7 Å². The lowest BCUT2D eigenvalue weighted by Crippen LogP contribution is -2.43. The molecule has 0 aliphatic carbocycles. The first-order valence-corrected chi connectivity index (χ1v) is 6.69. The molecule has 0 saturated carbocycles. The van der Waals surface area contributed by atoms with Crippen LogP contribution in [0.1, 0.15) is 30.3 Å². The quantitative estimate of drug-likeness (QED) is 0.846. The third-order valence-corrected chi connectivity index (χ3v) is 3.51. The number of hydrogen-bond acceptors (Lipinski definition) is 5. The molecular weight excluding hydrogens is 242 g/mol. The molecule has 6 nitrogen and oxygen atoms in total. The fourth-order valence-corrected chi connectivity index (χ4v) is 2.49. The highest BCUT2D eigenvalue weighted by Gasteiger charge is 2.27. The van der Waals surface area contributed by atoms with Crippen molar-refractivity contribution in [2.45, 2.75) is 25.8 Å².